The number of anilines is 1. The minimum absolute atomic E-state index is 0.0610. The molecule has 0 saturated heterocycles. The lowest BCUT2D eigenvalue weighted by Gasteiger charge is -2.35. The SMILES string of the molecule is Cc1ccc(S(=O)(=O)N(C)C[C@H]2OCCCC[C@H](C)Oc3ccc(NS(C)(=O)=O)cc3C(=O)N([C@@H](C)CO)C[C@H]2C)cc1. The molecule has 13 heteroatoms. The lowest BCUT2D eigenvalue weighted by atomic mass is 10.0. The van der Waals surface area contributed by atoms with Crippen LogP contribution in [0.4, 0.5) is 5.69 Å². The monoisotopic (exact) mass is 639 g/mol. The molecule has 0 radical (unpaired) electrons. The highest BCUT2D eigenvalue weighted by Gasteiger charge is 2.32. The zero-order valence-electron chi connectivity index (χ0n) is 25.8. The molecule has 11 nitrogen and oxygen atoms in total. The fraction of sp³-hybridized carbons (Fsp3) is 0.567. The Morgan fingerprint density at radius 3 is 2.40 bits per heavy atom. The predicted molar refractivity (Wildman–Crippen MR) is 166 cm³/mol. The summed E-state index contributed by atoms with van der Waals surface area (Å²) < 4.78 is 66.7. The van der Waals surface area contributed by atoms with E-state index in [9.17, 15) is 26.7 Å². The quantitative estimate of drug-likeness (QED) is 0.447. The molecule has 2 aromatic carbocycles. The highest BCUT2D eigenvalue weighted by atomic mass is 32.2. The number of aryl methyl sites for hydroxylation is 1. The predicted octanol–water partition coefficient (Wildman–Crippen LogP) is 3.48. The van der Waals surface area contributed by atoms with Gasteiger partial charge >= 0.3 is 0 Å². The Kier molecular flexibility index (Phi) is 12.0. The molecule has 4 atom stereocenters. The number of nitrogens with one attached hydrogen (secondary N) is 1. The van der Waals surface area contributed by atoms with E-state index in [1.54, 1.807) is 43.3 Å². The third kappa shape index (κ3) is 9.64. The van der Waals surface area contributed by atoms with E-state index in [0.717, 1.165) is 24.7 Å². The largest absolute Gasteiger partial charge is 0.490 e. The van der Waals surface area contributed by atoms with Crippen LogP contribution in [0.5, 0.6) is 5.75 Å². The first-order valence-corrected chi connectivity index (χ1v) is 17.8. The normalized spacial score (nSPS) is 21.9. The summed E-state index contributed by atoms with van der Waals surface area (Å²) in [6, 6.07) is 10.6. The first-order valence-electron chi connectivity index (χ1n) is 14.5. The Bertz CT molecular complexity index is 1450. The number of benzene rings is 2. The van der Waals surface area contributed by atoms with Crippen LogP contribution >= 0.6 is 0 Å². The Labute approximate surface area is 256 Å². The Morgan fingerprint density at radius 2 is 1.77 bits per heavy atom. The number of aliphatic hydroxyl groups is 1. The summed E-state index contributed by atoms with van der Waals surface area (Å²) in [6.07, 6.45) is 2.42. The van der Waals surface area contributed by atoms with Crippen molar-refractivity contribution < 1.29 is 36.2 Å². The minimum atomic E-state index is -3.79. The van der Waals surface area contributed by atoms with Crippen LogP contribution in [0.1, 0.15) is 56.0 Å². The van der Waals surface area contributed by atoms with E-state index >= 15 is 0 Å². The van der Waals surface area contributed by atoms with Gasteiger partial charge in [-0.3, -0.25) is 9.52 Å². The molecule has 2 aromatic rings. The minimum Gasteiger partial charge on any atom is -0.490 e. The van der Waals surface area contributed by atoms with Crippen molar-refractivity contribution in [1.82, 2.24) is 9.21 Å². The van der Waals surface area contributed by atoms with E-state index in [2.05, 4.69) is 4.72 Å². The molecule has 0 aliphatic carbocycles. The second-order valence-corrected chi connectivity index (χ2v) is 15.3. The van der Waals surface area contributed by atoms with Gasteiger partial charge in [-0.25, -0.2) is 16.8 Å². The van der Waals surface area contributed by atoms with E-state index in [4.69, 9.17) is 9.47 Å². The van der Waals surface area contributed by atoms with Crippen LogP contribution in [0, 0.1) is 12.8 Å². The Hall–Kier alpha value is -2.71. The van der Waals surface area contributed by atoms with Crippen molar-refractivity contribution in [3.05, 3.63) is 53.6 Å². The van der Waals surface area contributed by atoms with Crippen molar-refractivity contribution in [3.8, 4) is 5.75 Å². The first-order chi connectivity index (χ1) is 20.1. The van der Waals surface area contributed by atoms with Gasteiger partial charge in [-0.05, 0) is 70.4 Å². The molecule has 1 heterocycles. The number of sulfonamides is 2. The van der Waals surface area contributed by atoms with E-state index < -0.39 is 38.1 Å². The average Bonchev–Trinajstić information content (AvgIpc) is 2.93. The summed E-state index contributed by atoms with van der Waals surface area (Å²) in [4.78, 5) is 15.8. The number of hydrogen-bond acceptors (Lipinski definition) is 8. The number of hydrogen-bond donors (Lipinski definition) is 2. The summed E-state index contributed by atoms with van der Waals surface area (Å²) in [5.41, 5.74) is 1.32. The second-order valence-electron chi connectivity index (χ2n) is 11.5. The summed E-state index contributed by atoms with van der Waals surface area (Å²) in [7, 11) is -5.88. The fourth-order valence-corrected chi connectivity index (χ4v) is 6.64. The maximum Gasteiger partial charge on any atom is 0.258 e. The average molecular weight is 640 g/mol. The van der Waals surface area contributed by atoms with Gasteiger partial charge in [-0.2, -0.15) is 4.31 Å². The van der Waals surface area contributed by atoms with Gasteiger partial charge in [0.1, 0.15) is 5.75 Å². The van der Waals surface area contributed by atoms with Gasteiger partial charge < -0.3 is 19.5 Å². The number of rotatable bonds is 8. The smallest absolute Gasteiger partial charge is 0.258 e. The first kappa shape index (κ1) is 34.8. The van der Waals surface area contributed by atoms with Crippen LogP contribution in [0.2, 0.25) is 0 Å². The third-order valence-electron chi connectivity index (χ3n) is 7.52. The number of amides is 1. The van der Waals surface area contributed by atoms with Crippen LogP contribution in [-0.4, -0.2) is 94.9 Å². The molecule has 0 bridgehead atoms. The van der Waals surface area contributed by atoms with Crippen molar-refractivity contribution >= 4 is 31.6 Å². The zero-order chi connectivity index (χ0) is 31.9. The van der Waals surface area contributed by atoms with Crippen molar-refractivity contribution in [2.24, 2.45) is 5.92 Å². The molecule has 0 saturated carbocycles. The van der Waals surface area contributed by atoms with Gasteiger partial charge in [-0.15, -0.1) is 0 Å². The van der Waals surface area contributed by atoms with Crippen LogP contribution in [-0.2, 0) is 24.8 Å². The van der Waals surface area contributed by atoms with Crippen LogP contribution < -0.4 is 9.46 Å². The van der Waals surface area contributed by atoms with E-state index in [1.807, 2.05) is 20.8 Å². The second kappa shape index (κ2) is 14.8. The number of fused-ring (bicyclic) bond motifs is 1. The summed E-state index contributed by atoms with van der Waals surface area (Å²) in [6.45, 7) is 7.66. The number of ether oxygens (including phenoxy) is 2. The lowest BCUT2D eigenvalue weighted by Crippen LogP contribution is -2.48. The lowest BCUT2D eigenvalue weighted by molar-refractivity contribution is -0.00833. The molecule has 1 amide bonds. The standard InChI is InChI=1S/C30H45N3O8S2/c1-21-10-13-26(14-11-21)43(38,39)32(5)19-29-22(2)18-33(23(3)20-34)30(35)27-17-25(31-42(6,36)37)12-15-28(27)41-24(4)9-7-8-16-40-29/h10-15,17,22-24,29,31,34H,7-9,16,18-20H2,1-6H3/t22-,23+,24+,29-/m1/s1. The molecule has 2 N–H and O–H groups in total. The van der Waals surface area contributed by atoms with Crippen LogP contribution in [0.25, 0.3) is 0 Å². The van der Waals surface area contributed by atoms with E-state index in [-0.39, 0.29) is 47.9 Å². The molecule has 1 aliphatic rings. The van der Waals surface area contributed by atoms with Crippen molar-refractivity contribution in [1.29, 1.82) is 0 Å². The van der Waals surface area contributed by atoms with Gasteiger partial charge in [-0.1, -0.05) is 24.6 Å². The number of carbonyl (C=O) groups is 1. The van der Waals surface area contributed by atoms with Crippen LogP contribution in [0.15, 0.2) is 47.4 Å². The Balaban J connectivity index is 1.98. The molecular weight excluding hydrogens is 594 g/mol. The van der Waals surface area contributed by atoms with Crippen molar-refractivity contribution in [2.75, 3.05) is 44.3 Å². The highest BCUT2D eigenvalue weighted by molar-refractivity contribution is 7.92. The summed E-state index contributed by atoms with van der Waals surface area (Å²) >= 11 is 0. The summed E-state index contributed by atoms with van der Waals surface area (Å²) in [5, 5.41) is 10.1. The number of carbonyl (C=O) groups excluding carboxylic acids is 1. The van der Waals surface area contributed by atoms with Gasteiger partial charge in [0, 0.05) is 38.3 Å². The number of likely N-dealkylation sites (N-methyl/N-ethyl adjacent to an activating group) is 1. The highest BCUT2D eigenvalue weighted by Crippen LogP contribution is 2.29. The maximum atomic E-state index is 14.1. The van der Waals surface area contributed by atoms with Crippen molar-refractivity contribution in [3.63, 3.8) is 0 Å². The molecule has 1 aliphatic heterocycles. The van der Waals surface area contributed by atoms with Gasteiger partial charge in [0.2, 0.25) is 20.0 Å². The van der Waals surface area contributed by atoms with E-state index in [1.165, 1.54) is 22.3 Å². The fourth-order valence-electron chi connectivity index (χ4n) is 4.90. The molecule has 0 fully saturated rings. The molecular formula is C30H45N3O8S2. The third-order valence-corrected chi connectivity index (χ3v) is 9.97. The molecule has 0 unspecified atom stereocenters. The number of aliphatic hydroxyl groups excluding tert-OH is 1. The molecule has 43 heavy (non-hydrogen) atoms. The summed E-state index contributed by atoms with van der Waals surface area (Å²) in [5.74, 6) is -0.477. The number of nitrogens with zero attached hydrogens (tertiary/aromatic N) is 2. The van der Waals surface area contributed by atoms with Gasteiger partial charge in [0.05, 0.1) is 41.6 Å². The van der Waals surface area contributed by atoms with E-state index in [0.29, 0.717) is 18.8 Å². The molecule has 3 rings (SSSR count). The maximum absolute atomic E-state index is 14.1. The molecule has 0 spiro atoms. The Morgan fingerprint density at radius 1 is 1.09 bits per heavy atom. The van der Waals surface area contributed by atoms with Crippen molar-refractivity contribution in [2.45, 2.75) is 70.1 Å². The molecule has 0 aromatic heterocycles. The van der Waals surface area contributed by atoms with Crippen LogP contribution in [0.3, 0.4) is 0 Å². The molecule has 240 valence electrons. The van der Waals surface area contributed by atoms with Gasteiger partial charge in [0.15, 0.2) is 0 Å². The zero-order valence-corrected chi connectivity index (χ0v) is 27.4. The topological polar surface area (TPSA) is 143 Å². The van der Waals surface area contributed by atoms with Gasteiger partial charge in [0.25, 0.3) is 5.91 Å².